The lowest BCUT2D eigenvalue weighted by molar-refractivity contribution is -0.137. The molecule has 8 heteroatoms. The van der Waals surface area contributed by atoms with Gasteiger partial charge >= 0.3 is 9.24 Å². The maximum absolute atomic E-state index is 12.6. The van der Waals surface area contributed by atoms with Crippen molar-refractivity contribution in [3.05, 3.63) is 29.8 Å². The summed E-state index contributed by atoms with van der Waals surface area (Å²) >= 11 is 0. The Kier molecular flexibility index (Phi) is 2.59. The summed E-state index contributed by atoms with van der Waals surface area (Å²) in [6.45, 7) is 0. The van der Waals surface area contributed by atoms with E-state index < -0.39 is 27.0 Å². The van der Waals surface area contributed by atoms with Gasteiger partial charge in [0.2, 0.25) is 5.91 Å². The van der Waals surface area contributed by atoms with Crippen LogP contribution in [0, 0.1) is 5.82 Å². The summed E-state index contributed by atoms with van der Waals surface area (Å²) in [5.74, 6) is -1.12. The fraction of sp³-hybridized carbons (Fsp3) is 0.250. The molecular weight excluding hydrogens is 259 g/mol. The Bertz CT molecular complexity index is 531. The van der Waals surface area contributed by atoms with Gasteiger partial charge in [-0.05, 0) is 12.1 Å². The minimum atomic E-state index is -4.10. The van der Waals surface area contributed by atoms with Crippen LogP contribution in [0.25, 0.3) is 0 Å². The van der Waals surface area contributed by atoms with Crippen LogP contribution in [0.2, 0.25) is 0 Å². The third-order valence-corrected chi connectivity index (χ3v) is 3.60. The van der Waals surface area contributed by atoms with Gasteiger partial charge in [-0.25, -0.2) is 8.70 Å². The van der Waals surface area contributed by atoms with Gasteiger partial charge in [-0.2, -0.15) is 8.42 Å². The van der Waals surface area contributed by atoms with E-state index in [9.17, 15) is 17.6 Å². The lowest BCUT2D eigenvalue weighted by Gasteiger charge is -2.36. The van der Waals surface area contributed by atoms with Crippen molar-refractivity contribution < 1.29 is 17.6 Å². The summed E-state index contributed by atoms with van der Waals surface area (Å²) in [6.07, 6.45) is 0.960. The Morgan fingerprint density at radius 3 is 2.62 bits per heavy atom. The first kappa shape index (κ1) is 11.3. The van der Waals surface area contributed by atoms with Crippen molar-refractivity contribution in [1.29, 1.82) is 0 Å². The largest absolute Gasteiger partial charge is 0.324 e. The molecule has 0 N–H and O–H groups in total. The lowest BCUT2D eigenvalue weighted by atomic mass is 10.0. The zero-order valence-corrected chi connectivity index (χ0v) is 9.37. The Morgan fingerprint density at radius 1 is 1.50 bits per heavy atom. The minimum absolute atomic E-state index is 0.00455. The first-order valence-electron chi connectivity index (χ1n) is 4.28. The molecule has 1 amide bonds. The number of aromatic nitrogens is 1. The van der Waals surface area contributed by atoms with E-state index in [1.807, 2.05) is 0 Å². The molecule has 0 bridgehead atoms. The van der Waals surface area contributed by atoms with Crippen LogP contribution >= 0.6 is 10.7 Å². The highest BCUT2D eigenvalue weighted by atomic mass is 35.7. The second kappa shape index (κ2) is 3.67. The van der Waals surface area contributed by atoms with Gasteiger partial charge in [-0.15, -0.1) is 0 Å². The quantitative estimate of drug-likeness (QED) is 0.590. The van der Waals surface area contributed by atoms with Gasteiger partial charge in [0, 0.05) is 10.7 Å². The molecule has 86 valence electrons. The van der Waals surface area contributed by atoms with E-state index >= 15 is 0 Å². The van der Waals surface area contributed by atoms with E-state index in [2.05, 4.69) is 4.98 Å². The Balaban J connectivity index is 2.30. The van der Waals surface area contributed by atoms with E-state index in [1.54, 1.807) is 0 Å². The number of halogens is 2. The summed E-state index contributed by atoms with van der Waals surface area (Å²) in [6, 6.07) is 1.74. The van der Waals surface area contributed by atoms with Gasteiger partial charge in [0.25, 0.3) is 0 Å². The molecule has 1 aromatic rings. The summed E-state index contributed by atoms with van der Waals surface area (Å²) in [5.41, 5.74) is 0.297. The molecule has 0 radical (unpaired) electrons. The van der Waals surface area contributed by atoms with Gasteiger partial charge in [-0.3, -0.25) is 9.78 Å². The summed E-state index contributed by atoms with van der Waals surface area (Å²) < 4.78 is 35.2. The van der Waals surface area contributed by atoms with Crippen LogP contribution in [-0.2, 0) is 14.0 Å². The molecular formula is C8H6ClFN2O3S. The minimum Gasteiger partial charge on any atom is -0.274 e. The van der Waals surface area contributed by atoms with Crippen LogP contribution in [0.1, 0.15) is 18.2 Å². The van der Waals surface area contributed by atoms with E-state index in [-0.39, 0.29) is 6.42 Å². The third-order valence-electron chi connectivity index (χ3n) is 2.22. The molecule has 1 atom stereocenters. The van der Waals surface area contributed by atoms with E-state index in [0.717, 1.165) is 12.3 Å². The molecule has 1 unspecified atom stereocenters. The van der Waals surface area contributed by atoms with Gasteiger partial charge in [0.15, 0.2) is 0 Å². The van der Waals surface area contributed by atoms with E-state index in [4.69, 9.17) is 10.7 Å². The van der Waals surface area contributed by atoms with Crippen LogP contribution in [0.3, 0.4) is 0 Å². The van der Waals surface area contributed by atoms with Crippen molar-refractivity contribution in [2.45, 2.75) is 12.5 Å². The smallest absolute Gasteiger partial charge is 0.274 e. The Morgan fingerprint density at radius 2 is 2.19 bits per heavy atom. The molecule has 0 saturated carbocycles. The molecule has 5 nitrogen and oxygen atoms in total. The van der Waals surface area contributed by atoms with Gasteiger partial charge in [-0.1, -0.05) is 0 Å². The third kappa shape index (κ3) is 1.88. The van der Waals surface area contributed by atoms with Gasteiger partial charge in [0.05, 0.1) is 24.4 Å². The average molecular weight is 265 g/mol. The van der Waals surface area contributed by atoms with Crippen molar-refractivity contribution in [3.63, 3.8) is 0 Å². The number of carbonyl (C=O) groups is 1. The van der Waals surface area contributed by atoms with Crippen molar-refractivity contribution >= 4 is 25.8 Å². The van der Waals surface area contributed by atoms with Gasteiger partial charge in [0.1, 0.15) is 5.82 Å². The second-order valence-electron chi connectivity index (χ2n) is 3.25. The number of nitrogens with zero attached hydrogens (tertiary/aromatic N) is 2. The maximum atomic E-state index is 12.6. The van der Waals surface area contributed by atoms with Crippen LogP contribution in [0.4, 0.5) is 4.39 Å². The summed E-state index contributed by atoms with van der Waals surface area (Å²) in [7, 11) is 0.981. The molecule has 1 aliphatic rings. The first-order valence-corrected chi connectivity index (χ1v) is 6.54. The zero-order valence-electron chi connectivity index (χ0n) is 7.80. The number of rotatable bonds is 2. The van der Waals surface area contributed by atoms with Crippen molar-refractivity contribution in [2.75, 3.05) is 0 Å². The molecule has 0 aromatic carbocycles. The van der Waals surface area contributed by atoms with Crippen LogP contribution in [-0.4, -0.2) is 23.6 Å². The zero-order chi connectivity index (χ0) is 11.9. The molecule has 16 heavy (non-hydrogen) atoms. The van der Waals surface area contributed by atoms with Crippen LogP contribution in [0.15, 0.2) is 18.3 Å². The fourth-order valence-electron chi connectivity index (χ4n) is 1.48. The molecule has 1 aliphatic heterocycles. The number of hydrogen-bond acceptors (Lipinski definition) is 4. The van der Waals surface area contributed by atoms with E-state index in [1.165, 1.54) is 6.07 Å². The average Bonchev–Trinajstić information content (AvgIpc) is 2.13. The molecule has 1 fully saturated rings. The number of β-lactam (4-membered cyclic amide) rings is 1. The highest BCUT2D eigenvalue weighted by Gasteiger charge is 2.45. The number of pyridine rings is 1. The van der Waals surface area contributed by atoms with E-state index in [0.29, 0.717) is 10.00 Å². The standard InChI is InChI=1S/C8H6ClFN2O3S/c9-16(14,15)12-7(3-8(12)13)6-2-1-5(10)4-11-6/h1-2,4,7H,3H2. The van der Waals surface area contributed by atoms with Crippen LogP contribution in [0.5, 0.6) is 0 Å². The predicted octanol–water partition coefficient (Wildman–Crippen LogP) is 0.978. The second-order valence-corrected chi connectivity index (χ2v) is 5.64. The van der Waals surface area contributed by atoms with Crippen molar-refractivity contribution in [2.24, 2.45) is 0 Å². The summed E-state index contributed by atoms with van der Waals surface area (Å²) in [5, 5.41) is 0. The Labute approximate surface area is 95.4 Å². The molecule has 2 heterocycles. The summed E-state index contributed by atoms with van der Waals surface area (Å²) in [4.78, 5) is 14.8. The van der Waals surface area contributed by atoms with Crippen molar-refractivity contribution in [3.8, 4) is 0 Å². The SMILES string of the molecule is O=C1CC(c2ccc(F)cn2)N1S(=O)(=O)Cl. The molecule has 1 saturated heterocycles. The fourth-order valence-corrected chi connectivity index (χ4v) is 2.81. The highest BCUT2D eigenvalue weighted by Crippen LogP contribution is 2.37. The molecule has 2 rings (SSSR count). The number of carbonyl (C=O) groups excluding carboxylic acids is 1. The normalized spacial score (nSPS) is 20.8. The monoisotopic (exact) mass is 264 g/mol. The van der Waals surface area contributed by atoms with Crippen molar-refractivity contribution in [1.82, 2.24) is 9.29 Å². The predicted molar refractivity (Wildman–Crippen MR) is 53.2 cm³/mol. The molecule has 0 spiro atoms. The number of amides is 1. The Hall–Kier alpha value is -1.21. The highest BCUT2D eigenvalue weighted by molar-refractivity contribution is 8.12. The maximum Gasteiger partial charge on any atom is 0.324 e. The van der Waals surface area contributed by atoms with Gasteiger partial charge < -0.3 is 0 Å². The first-order chi connectivity index (χ1) is 7.39. The lowest BCUT2D eigenvalue weighted by Crippen LogP contribution is -2.48. The number of hydrogen-bond donors (Lipinski definition) is 0. The molecule has 1 aromatic heterocycles. The van der Waals surface area contributed by atoms with Crippen LogP contribution < -0.4 is 0 Å². The topological polar surface area (TPSA) is 67.3 Å². The molecule has 0 aliphatic carbocycles.